The number of nitrogens with one attached hydrogen (secondary N) is 1. The van der Waals surface area contributed by atoms with Gasteiger partial charge in [0.05, 0.1) is 0 Å². The summed E-state index contributed by atoms with van der Waals surface area (Å²) in [6, 6.07) is 9.08. The highest BCUT2D eigenvalue weighted by molar-refractivity contribution is 5.96. The van der Waals surface area contributed by atoms with Gasteiger partial charge in [-0.3, -0.25) is 14.5 Å². The lowest BCUT2D eigenvalue weighted by molar-refractivity contribution is -0.119. The Morgan fingerprint density at radius 2 is 1.85 bits per heavy atom. The zero-order valence-electron chi connectivity index (χ0n) is 15.4. The van der Waals surface area contributed by atoms with Crippen molar-refractivity contribution in [2.75, 3.05) is 29.9 Å². The van der Waals surface area contributed by atoms with Gasteiger partial charge in [-0.2, -0.15) is 4.98 Å². The van der Waals surface area contributed by atoms with Gasteiger partial charge in [-0.15, -0.1) is 0 Å². The van der Waals surface area contributed by atoms with Crippen molar-refractivity contribution in [1.82, 2.24) is 14.9 Å². The molecule has 2 saturated heterocycles. The fourth-order valence-corrected chi connectivity index (χ4v) is 3.54. The van der Waals surface area contributed by atoms with Gasteiger partial charge in [-0.05, 0) is 49.6 Å². The van der Waals surface area contributed by atoms with Gasteiger partial charge in [0.25, 0.3) is 5.91 Å². The van der Waals surface area contributed by atoms with Crippen LogP contribution >= 0.6 is 0 Å². The number of anilines is 3. The van der Waals surface area contributed by atoms with Crippen molar-refractivity contribution in [2.24, 2.45) is 5.92 Å². The number of likely N-dealkylation sites (tertiary alicyclic amines) is 1. The first-order valence-electron chi connectivity index (χ1n) is 9.42. The van der Waals surface area contributed by atoms with Gasteiger partial charge in [0.15, 0.2) is 0 Å². The van der Waals surface area contributed by atoms with Gasteiger partial charge < -0.3 is 10.2 Å². The number of benzene rings is 1. The van der Waals surface area contributed by atoms with Crippen LogP contribution in [0.4, 0.5) is 17.5 Å². The molecule has 1 N–H and O–H groups in total. The predicted octanol–water partition coefficient (Wildman–Crippen LogP) is 2.83. The molecule has 2 aliphatic rings. The van der Waals surface area contributed by atoms with E-state index in [0.717, 1.165) is 38.0 Å². The van der Waals surface area contributed by atoms with E-state index >= 15 is 0 Å². The van der Waals surface area contributed by atoms with Gasteiger partial charge in [-0.1, -0.05) is 6.92 Å². The molecule has 2 aliphatic heterocycles. The zero-order chi connectivity index (χ0) is 18.8. The number of carbonyl (C=O) groups excluding carboxylic acids is 2. The molecule has 2 fully saturated rings. The number of amides is 2. The largest absolute Gasteiger partial charge is 0.339 e. The second-order valence-electron chi connectivity index (χ2n) is 7.12. The van der Waals surface area contributed by atoms with Crippen LogP contribution in [-0.4, -0.2) is 46.3 Å². The summed E-state index contributed by atoms with van der Waals surface area (Å²) in [5.41, 5.74) is 1.49. The van der Waals surface area contributed by atoms with Crippen molar-refractivity contribution < 1.29 is 9.59 Å². The molecule has 2 aromatic rings. The number of nitrogens with zero attached hydrogens (tertiary/aromatic N) is 4. The van der Waals surface area contributed by atoms with Crippen LogP contribution in [0, 0.1) is 5.92 Å². The number of hydrogen-bond donors (Lipinski definition) is 1. The van der Waals surface area contributed by atoms with E-state index in [1.807, 2.05) is 36.1 Å². The van der Waals surface area contributed by atoms with Crippen molar-refractivity contribution in [2.45, 2.75) is 26.2 Å². The fourth-order valence-electron chi connectivity index (χ4n) is 3.54. The van der Waals surface area contributed by atoms with E-state index in [-0.39, 0.29) is 17.7 Å². The van der Waals surface area contributed by atoms with E-state index in [1.54, 1.807) is 17.2 Å². The maximum Gasteiger partial charge on any atom is 0.253 e. The molecule has 2 amide bonds. The number of rotatable bonds is 4. The van der Waals surface area contributed by atoms with E-state index in [0.29, 0.717) is 23.9 Å². The van der Waals surface area contributed by atoms with Crippen molar-refractivity contribution >= 4 is 29.3 Å². The van der Waals surface area contributed by atoms with Crippen LogP contribution in [0.1, 0.15) is 36.5 Å². The van der Waals surface area contributed by atoms with Gasteiger partial charge >= 0.3 is 0 Å². The Balaban J connectivity index is 1.45. The van der Waals surface area contributed by atoms with Gasteiger partial charge in [0.1, 0.15) is 5.82 Å². The molecule has 0 saturated carbocycles. The van der Waals surface area contributed by atoms with Crippen LogP contribution in [0.2, 0.25) is 0 Å². The average Bonchev–Trinajstić information content (AvgIpc) is 3.33. The van der Waals surface area contributed by atoms with Gasteiger partial charge in [0.2, 0.25) is 11.9 Å². The highest BCUT2D eigenvalue weighted by Gasteiger charge is 2.30. The zero-order valence-corrected chi connectivity index (χ0v) is 15.4. The molecule has 1 atom stereocenters. The lowest BCUT2D eigenvalue weighted by Crippen LogP contribution is -2.27. The summed E-state index contributed by atoms with van der Waals surface area (Å²) in [5, 5.41) is 3.14. The molecule has 4 rings (SSSR count). The summed E-state index contributed by atoms with van der Waals surface area (Å²) >= 11 is 0. The first-order chi connectivity index (χ1) is 13.1. The summed E-state index contributed by atoms with van der Waals surface area (Å²) in [6.45, 7) is 4.30. The average molecular weight is 365 g/mol. The van der Waals surface area contributed by atoms with Gasteiger partial charge in [-0.25, -0.2) is 4.98 Å². The molecule has 0 spiro atoms. The molecular weight excluding hydrogens is 342 g/mol. The van der Waals surface area contributed by atoms with Crippen LogP contribution in [-0.2, 0) is 4.79 Å². The maximum atomic E-state index is 12.4. The summed E-state index contributed by atoms with van der Waals surface area (Å²) in [5.74, 6) is 1.27. The summed E-state index contributed by atoms with van der Waals surface area (Å²) in [7, 11) is 0. The van der Waals surface area contributed by atoms with Crippen molar-refractivity contribution in [3.05, 3.63) is 42.1 Å². The van der Waals surface area contributed by atoms with E-state index in [9.17, 15) is 9.59 Å². The second kappa shape index (κ2) is 7.34. The van der Waals surface area contributed by atoms with Crippen molar-refractivity contribution in [1.29, 1.82) is 0 Å². The highest BCUT2D eigenvalue weighted by Crippen LogP contribution is 2.24. The highest BCUT2D eigenvalue weighted by atomic mass is 16.2. The lowest BCUT2D eigenvalue weighted by Gasteiger charge is -2.16. The third-order valence-electron chi connectivity index (χ3n) is 5.17. The SMILES string of the molecule is CC1CCN(c2ccnc(Nc3ccc(C(=O)N4CCCC4)cc3)n2)C1=O. The standard InChI is InChI=1S/C20H23N5O2/c1-14-9-13-25(18(14)26)17-8-10-21-20(23-17)22-16-6-4-15(5-7-16)19(27)24-11-2-3-12-24/h4-8,10,14H,2-3,9,11-13H2,1H3,(H,21,22,23). The normalized spacial score (nSPS) is 19.6. The Kier molecular flexibility index (Phi) is 4.75. The minimum Gasteiger partial charge on any atom is -0.339 e. The molecule has 0 aliphatic carbocycles. The molecule has 1 aromatic heterocycles. The first kappa shape index (κ1) is 17.5. The Hall–Kier alpha value is -2.96. The summed E-state index contributed by atoms with van der Waals surface area (Å²) in [6.07, 6.45) is 4.65. The van der Waals surface area contributed by atoms with E-state index < -0.39 is 0 Å². The molecule has 1 aromatic carbocycles. The fraction of sp³-hybridized carbons (Fsp3) is 0.400. The third kappa shape index (κ3) is 3.63. The maximum absolute atomic E-state index is 12.4. The Morgan fingerprint density at radius 3 is 2.52 bits per heavy atom. The number of carbonyl (C=O) groups is 2. The van der Waals surface area contributed by atoms with Crippen LogP contribution in [0.25, 0.3) is 0 Å². The molecule has 3 heterocycles. The van der Waals surface area contributed by atoms with Crippen molar-refractivity contribution in [3.63, 3.8) is 0 Å². The molecular formula is C20H23N5O2. The van der Waals surface area contributed by atoms with Crippen LogP contribution in [0.15, 0.2) is 36.5 Å². The van der Waals surface area contributed by atoms with Crippen LogP contribution in [0.3, 0.4) is 0 Å². The number of aromatic nitrogens is 2. The number of hydrogen-bond acceptors (Lipinski definition) is 5. The summed E-state index contributed by atoms with van der Waals surface area (Å²) < 4.78 is 0. The van der Waals surface area contributed by atoms with E-state index in [4.69, 9.17) is 0 Å². The van der Waals surface area contributed by atoms with Crippen molar-refractivity contribution in [3.8, 4) is 0 Å². The van der Waals surface area contributed by atoms with Crippen LogP contribution in [0.5, 0.6) is 0 Å². The monoisotopic (exact) mass is 365 g/mol. The molecule has 1 unspecified atom stereocenters. The predicted molar refractivity (Wildman–Crippen MR) is 103 cm³/mol. The summed E-state index contributed by atoms with van der Waals surface area (Å²) in [4.78, 5) is 36.9. The Morgan fingerprint density at radius 1 is 1.11 bits per heavy atom. The second-order valence-corrected chi connectivity index (χ2v) is 7.12. The van der Waals surface area contributed by atoms with E-state index in [1.165, 1.54) is 0 Å². The molecule has 7 nitrogen and oxygen atoms in total. The molecule has 7 heteroatoms. The minimum absolute atomic E-state index is 0.0389. The quantitative estimate of drug-likeness (QED) is 0.901. The lowest BCUT2D eigenvalue weighted by atomic mass is 10.1. The van der Waals surface area contributed by atoms with Gasteiger partial charge in [0, 0.05) is 43.0 Å². The van der Waals surface area contributed by atoms with E-state index in [2.05, 4.69) is 15.3 Å². The van der Waals surface area contributed by atoms with Crippen LogP contribution < -0.4 is 10.2 Å². The molecule has 27 heavy (non-hydrogen) atoms. The molecule has 0 bridgehead atoms. The first-order valence-corrected chi connectivity index (χ1v) is 9.42. The minimum atomic E-state index is 0.0389. The third-order valence-corrected chi connectivity index (χ3v) is 5.17. The Bertz CT molecular complexity index is 846. The Labute approximate surface area is 158 Å². The smallest absolute Gasteiger partial charge is 0.253 e. The molecule has 140 valence electrons. The topological polar surface area (TPSA) is 78.4 Å². The molecule has 0 radical (unpaired) electrons.